The molecule has 4 nitrogen and oxygen atoms in total. The number of nitrogens with zero attached hydrogens (tertiary/aromatic N) is 1. The summed E-state index contributed by atoms with van der Waals surface area (Å²) >= 11 is 1.68. The summed E-state index contributed by atoms with van der Waals surface area (Å²) < 4.78 is 32.5. The molecule has 2 atom stereocenters. The van der Waals surface area contributed by atoms with Gasteiger partial charge in [-0.1, -0.05) is 12.1 Å². The highest BCUT2D eigenvalue weighted by Gasteiger charge is 2.32. The molecule has 1 aliphatic rings. The lowest BCUT2D eigenvalue weighted by atomic mass is 10.2. The van der Waals surface area contributed by atoms with Crippen molar-refractivity contribution in [3.63, 3.8) is 0 Å². The SMILES string of the molecule is CSCc1cccc(S(=O)(=O)N2C[C@@H](C)O[C@@H](C)C2)c1. The molecule has 0 bridgehead atoms. The van der Waals surface area contributed by atoms with Crippen LogP contribution in [0.5, 0.6) is 0 Å². The number of hydrogen-bond acceptors (Lipinski definition) is 4. The average molecular weight is 315 g/mol. The van der Waals surface area contributed by atoms with Gasteiger partial charge in [-0.15, -0.1) is 0 Å². The molecule has 20 heavy (non-hydrogen) atoms. The maximum Gasteiger partial charge on any atom is 0.243 e. The summed E-state index contributed by atoms with van der Waals surface area (Å²) in [7, 11) is -3.42. The number of ether oxygens (including phenoxy) is 1. The van der Waals surface area contributed by atoms with Gasteiger partial charge in [0.15, 0.2) is 0 Å². The Hall–Kier alpha value is -0.560. The standard InChI is InChI=1S/C14H21NO3S2/c1-11-8-15(9-12(2)18-11)20(16,17)14-6-4-5-13(7-14)10-19-3/h4-7,11-12H,8-10H2,1-3H3/t11-,12+. The van der Waals surface area contributed by atoms with Gasteiger partial charge in [0.25, 0.3) is 0 Å². The van der Waals surface area contributed by atoms with Crippen molar-refractivity contribution in [2.24, 2.45) is 0 Å². The number of morpholine rings is 1. The molecule has 112 valence electrons. The van der Waals surface area contributed by atoms with Gasteiger partial charge in [0.2, 0.25) is 10.0 Å². The molecule has 0 saturated carbocycles. The van der Waals surface area contributed by atoms with Crippen LogP contribution in [-0.2, 0) is 20.5 Å². The third-order valence-electron chi connectivity index (χ3n) is 3.23. The number of rotatable bonds is 4. The molecule has 0 amide bonds. The van der Waals surface area contributed by atoms with E-state index in [1.54, 1.807) is 23.9 Å². The second-order valence-electron chi connectivity index (χ2n) is 5.16. The number of sulfonamides is 1. The summed E-state index contributed by atoms with van der Waals surface area (Å²) in [4.78, 5) is 0.380. The molecule has 1 heterocycles. The fraction of sp³-hybridized carbons (Fsp3) is 0.571. The van der Waals surface area contributed by atoms with E-state index in [9.17, 15) is 8.42 Å². The molecule has 1 aromatic carbocycles. The van der Waals surface area contributed by atoms with Crippen LogP contribution in [0, 0.1) is 0 Å². The third kappa shape index (κ3) is 3.55. The van der Waals surface area contributed by atoms with Crippen LogP contribution in [0.25, 0.3) is 0 Å². The maximum absolute atomic E-state index is 12.7. The van der Waals surface area contributed by atoms with Gasteiger partial charge in [-0.2, -0.15) is 16.1 Å². The van der Waals surface area contributed by atoms with E-state index in [4.69, 9.17) is 4.74 Å². The fourth-order valence-electron chi connectivity index (χ4n) is 2.44. The smallest absolute Gasteiger partial charge is 0.243 e. The van der Waals surface area contributed by atoms with Gasteiger partial charge in [0, 0.05) is 18.8 Å². The summed E-state index contributed by atoms with van der Waals surface area (Å²) in [5.41, 5.74) is 1.04. The summed E-state index contributed by atoms with van der Waals surface area (Å²) in [6.45, 7) is 4.64. The molecule has 1 saturated heterocycles. The molecule has 6 heteroatoms. The normalized spacial score (nSPS) is 24.8. The van der Waals surface area contributed by atoms with Crippen LogP contribution in [0.15, 0.2) is 29.2 Å². The zero-order valence-corrected chi connectivity index (χ0v) is 13.7. The Kier molecular flexibility index (Phi) is 5.12. The Morgan fingerprint density at radius 1 is 1.30 bits per heavy atom. The Morgan fingerprint density at radius 3 is 2.55 bits per heavy atom. The van der Waals surface area contributed by atoms with Crippen molar-refractivity contribution >= 4 is 21.8 Å². The van der Waals surface area contributed by atoms with E-state index in [1.165, 1.54) is 4.31 Å². The molecule has 0 aliphatic carbocycles. The van der Waals surface area contributed by atoms with Crippen LogP contribution >= 0.6 is 11.8 Å². The van der Waals surface area contributed by atoms with Gasteiger partial charge in [0.05, 0.1) is 17.1 Å². The molecular weight excluding hydrogens is 294 g/mol. The van der Waals surface area contributed by atoms with Crippen LogP contribution in [-0.4, -0.2) is 44.3 Å². The second-order valence-corrected chi connectivity index (χ2v) is 7.96. The largest absolute Gasteiger partial charge is 0.373 e. The molecule has 0 unspecified atom stereocenters. The van der Waals surface area contributed by atoms with Crippen molar-refractivity contribution < 1.29 is 13.2 Å². The minimum atomic E-state index is -3.42. The van der Waals surface area contributed by atoms with Gasteiger partial charge in [-0.3, -0.25) is 0 Å². The van der Waals surface area contributed by atoms with Gasteiger partial charge in [-0.25, -0.2) is 8.42 Å². The van der Waals surface area contributed by atoms with Crippen molar-refractivity contribution in [3.05, 3.63) is 29.8 Å². The number of hydrogen-bond donors (Lipinski definition) is 0. The molecule has 2 rings (SSSR count). The Bertz CT molecular complexity index is 549. The first-order valence-electron chi connectivity index (χ1n) is 6.67. The van der Waals surface area contributed by atoms with Gasteiger partial charge in [-0.05, 0) is 37.8 Å². The van der Waals surface area contributed by atoms with Crippen LogP contribution in [0.2, 0.25) is 0 Å². The summed E-state index contributed by atoms with van der Waals surface area (Å²) in [5, 5.41) is 0. The zero-order valence-electron chi connectivity index (χ0n) is 12.1. The molecule has 0 spiro atoms. The first-order valence-corrected chi connectivity index (χ1v) is 9.50. The van der Waals surface area contributed by atoms with Gasteiger partial charge >= 0.3 is 0 Å². The lowest BCUT2D eigenvalue weighted by Crippen LogP contribution is -2.48. The van der Waals surface area contributed by atoms with Crippen molar-refractivity contribution in [3.8, 4) is 0 Å². The lowest BCUT2D eigenvalue weighted by molar-refractivity contribution is -0.0440. The monoisotopic (exact) mass is 315 g/mol. The van der Waals surface area contributed by atoms with E-state index >= 15 is 0 Å². The van der Waals surface area contributed by atoms with Crippen molar-refractivity contribution in [2.45, 2.75) is 36.7 Å². The van der Waals surface area contributed by atoms with Crippen molar-refractivity contribution in [1.29, 1.82) is 0 Å². The highest BCUT2D eigenvalue weighted by Crippen LogP contribution is 2.22. The van der Waals surface area contributed by atoms with Crippen LogP contribution in [0.4, 0.5) is 0 Å². The first-order chi connectivity index (χ1) is 9.43. The quantitative estimate of drug-likeness (QED) is 0.856. The minimum absolute atomic E-state index is 0.0668. The van der Waals surface area contributed by atoms with Crippen molar-refractivity contribution in [1.82, 2.24) is 4.31 Å². The van der Waals surface area contributed by atoms with Gasteiger partial charge < -0.3 is 4.74 Å². The topological polar surface area (TPSA) is 46.6 Å². The predicted molar refractivity (Wildman–Crippen MR) is 82.4 cm³/mol. The van der Waals surface area contributed by atoms with E-state index < -0.39 is 10.0 Å². The van der Waals surface area contributed by atoms with Crippen LogP contribution < -0.4 is 0 Å². The Morgan fingerprint density at radius 2 is 1.95 bits per heavy atom. The Labute approximate surface area is 125 Å². The van der Waals surface area contributed by atoms with E-state index in [-0.39, 0.29) is 12.2 Å². The summed E-state index contributed by atoms with van der Waals surface area (Å²) in [6, 6.07) is 7.21. The predicted octanol–water partition coefficient (Wildman–Crippen LogP) is 2.35. The van der Waals surface area contributed by atoms with E-state index in [0.717, 1.165) is 11.3 Å². The molecule has 1 aliphatic heterocycles. The zero-order chi connectivity index (χ0) is 14.8. The van der Waals surface area contributed by atoms with Crippen LogP contribution in [0.3, 0.4) is 0 Å². The fourth-order valence-corrected chi connectivity index (χ4v) is 4.61. The highest BCUT2D eigenvalue weighted by molar-refractivity contribution is 7.97. The molecule has 0 aromatic heterocycles. The second kappa shape index (κ2) is 6.47. The Balaban J connectivity index is 2.27. The van der Waals surface area contributed by atoms with Gasteiger partial charge in [0.1, 0.15) is 0 Å². The van der Waals surface area contributed by atoms with E-state index in [2.05, 4.69) is 0 Å². The lowest BCUT2D eigenvalue weighted by Gasteiger charge is -2.34. The third-order valence-corrected chi connectivity index (χ3v) is 5.68. The molecule has 0 N–H and O–H groups in total. The molecule has 1 fully saturated rings. The first kappa shape index (κ1) is 15.8. The number of thioether (sulfide) groups is 1. The average Bonchev–Trinajstić information content (AvgIpc) is 2.38. The molecule has 1 aromatic rings. The molecule has 0 radical (unpaired) electrons. The van der Waals surface area contributed by atoms with Crippen LogP contribution in [0.1, 0.15) is 19.4 Å². The van der Waals surface area contributed by atoms with E-state index in [1.807, 2.05) is 32.2 Å². The molecular formula is C14H21NO3S2. The number of benzene rings is 1. The minimum Gasteiger partial charge on any atom is -0.373 e. The van der Waals surface area contributed by atoms with E-state index in [0.29, 0.717) is 18.0 Å². The van der Waals surface area contributed by atoms with Crippen molar-refractivity contribution in [2.75, 3.05) is 19.3 Å². The highest BCUT2D eigenvalue weighted by atomic mass is 32.2. The summed E-state index contributed by atoms with van der Waals surface area (Å²) in [5.74, 6) is 0.819. The summed E-state index contributed by atoms with van der Waals surface area (Å²) in [6.07, 6.45) is 1.87. The maximum atomic E-state index is 12.7.